The Hall–Kier alpha value is -1.62. The number of methoxy groups -OCH3 is 1. The van der Waals surface area contributed by atoms with E-state index in [1.165, 1.54) is 10.5 Å². The van der Waals surface area contributed by atoms with Gasteiger partial charge in [-0.1, -0.05) is 0 Å². The lowest BCUT2D eigenvalue weighted by molar-refractivity contribution is 0.416. The summed E-state index contributed by atoms with van der Waals surface area (Å²) < 4.78 is 5.40. The Labute approximate surface area is 105 Å². The highest BCUT2D eigenvalue weighted by molar-refractivity contribution is 7.98. The molecule has 0 aliphatic heterocycles. The van der Waals surface area contributed by atoms with E-state index in [0.29, 0.717) is 5.82 Å². The normalized spacial score (nSPS) is 10.5. The van der Waals surface area contributed by atoms with Crippen molar-refractivity contribution < 1.29 is 4.74 Å². The zero-order valence-electron chi connectivity index (χ0n) is 10.1. The number of nitrogens with zero attached hydrogens (tertiary/aromatic N) is 1. The van der Waals surface area contributed by atoms with Crippen molar-refractivity contribution in [2.75, 3.05) is 19.1 Å². The van der Waals surface area contributed by atoms with Crippen LogP contribution in [0, 0.1) is 6.92 Å². The number of H-pyrrole nitrogens is 1. The molecule has 5 heteroatoms. The van der Waals surface area contributed by atoms with Crippen molar-refractivity contribution in [3.05, 3.63) is 23.9 Å². The maximum Gasteiger partial charge on any atom is 0.127 e. The van der Waals surface area contributed by atoms with E-state index in [0.717, 1.165) is 16.9 Å². The number of rotatable bonds is 3. The molecule has 17 heavy (non-hydrogen) atoms. The molecule has 0 aliphatic carbocycles. The zero-order chi connectivity index (χ0) is 12.4. The molecule has 0 saturated carbocycles. The van der Waals surface area contributed by atoms with Gasteiger partial charge in [0.25, 0.3) is 0 Å². The van der Waals surface area contributed by atoms with Crippen molar-refractivity contribution in [2.24, 2.45) is 0 Å². The quantitative estimate of drug-likeness (QED) is 0.821. The minimum absolute atomic E-state index is 0.555. The van der Waals surface area contributed by atoms with E-state index >= 15 is 0 Å². The summed E-state index contributed by atoms with van der Waals surface area (Å²) in [6.07, 6.45) is 3.77. The third-order valence-corrected chi connectivity index (χ3v) is 3.56. The number of aromatic amines is 1. The van der Waals surface area contributed by atoms with Crippen molar-refractivity contribution in [3.8, 4) is 16.9 Å². The summed E-state index contributed by atoms with van der Waals surface area (Å²) in [6, 6.07) is 4.10. The van der Waals surface area contributed by atoms with Gasteiger partial charge in [-0.2, -0.15) is 5.10 Å². The van der Waals surface area contributed by atoms with Gasteiger partial charge in [-0.25, -0.2) is 0 Å². The van der Waals surface area contributed by atoms with Gasteiger partial charge in [-0.15, -0.1) is 11.8 Å². The van der Waals surface area contributed by atoms with Crippen molar-refractivity contribution in [2.45, 2.75) is 11.8 Å². The maximum absolute atomic E-state index is 5.85. The average molecular weight is 249 g/mol. The highest BCUT2D eigenvalue weighted by Gasteiger charge is 2.13. The van der Waals surface area contributed by atoms with E-state index in [9.17, 15) is 0 Å². The molecule has 0 bridgehead atoms. The fourth-order valence-electron chi connectivity index (χ4n) is 1.77. The van der Waals surface area contributed by atoms with Gasteiger partial charge in [0.05, 0.1) is 13.3 Å². The number of hydrogen-bond acceptors (Lipinski definition) is 4. The summed E-state index contributed by atoms with van der Waals surface area (Å²) in [5.74, 6) is 1.37. The van der Waals surface area contributed by atoms with Crippen LogP contribution < -0.4 is 10.5 Å². The number of ether oxygens (including phenoxy) is 1. The molecule has 1 aromatic carbocycles. The molecule has 0 aliphatic rings. The zero-order valence-corrected chi connectivity index (χ0v) is 10.9. The number of thioether (sulfide) groups is 1. The van der Waals surface area contributed by atoms with E-state index in [4.69, 9.17) is 10.5 Å². The summed E-state index contributed by atoms with van der Waals surface area (Å²) in [5, 5.41) is 6.67. The van der Waals surface area contributed by atoms with Crippen LogP contribution in [0.5, 0.6) is 5.75 Å². The second-order valence-electron chi connectivity index (χ2n) is 3.72. The Morgan fingerprint density at radius 3 is 2.65 bits per heavy atom. The SMILES string of the molecule is COc1cc(C)c(SC)cc1-c1cn[nH]c1N. The highest BCUT2D eigenvalue weighted by Crippen LogP contribution is 2.37. The molecular formula is C12H15N3OS. The monoisotopic (exact) mass is 249 g/mol. The molecule has 0 saturated heterocycles. The number of nitrogen functional groups attached to an aromatic ring is 1. The summed E-state index contributed by atoms with van der Waals surface area (Å²) in [4.78, 5) is 1.21. The second kappa shape index (κ2) is 4.71. The molecule has 0 spiro atoms. The lowest BCUT2D eigenvalue weighted by Crippen LogP contribution is -1.93. The van der Waals surface area contributed by atoms with Crippen molar-refractivity contribution >= 4 is 17.6 Å². The molecular weight excluding hydrogens is 234 g/mol. The number of benzene rings is 1. The van der Waals surface area contributed by atoms with Gasteiger partial charge in [0.15, 0.2) is 0 Å². The van der Waals surface area contributed by atoms with Gasteiger partial charge in [-0.3, -0.25) is 5.10 Å². The standard InChI is InChI=1S/C12H15N3OS/c1-7-4-10(16-2)8(5-11(7)17-3)9-6-14-15-12(9)13/h4-6H,1-3H3,(H3,13,14,15). The van der Waals surface area contributed by atoms with Crippen LogP contribution in [0.3, 0.4) is 0 Å². The van der Waals surface area contributed by atoms with Gasteiger partial charge in [0.1, 0.15) is 11.6 Å². The molecule has 0 atom stereocenters. The number of nitrogens with one attached hydrogen (secondary N) is 1. The molecule has 2 rings (SSSR count). The molecule has 0 fully saturated rings. The summed E-state index contributed by atoms with van der Waals surface area (Å²) in [5.41, 5.74) is 8.88. The van der Waals surface area contributed by atoms with Gasteiger partial charge < -0.3 is 10.5 Å². The number of aryl methyl sites for hydroxylation is 1. The summed E-state index contributed by atoms with van der Waals surface area (Å²) in [7, 11) is 1.66. The number of anilines is 1. The van der Waals surface area contributed by atoms with Gasteiger partial charge in [-0.05, 0) is 30.9 Å². The van der Waals surface area contributed by atoms with E-state index in [1.54, 1.807) is 25.1 Å². The molecule has 90 valence electrons. The van der Waals surface area contributed by atoms with Gasteiger partial charge in [0, 0.05) is 16.0 Å². The molecule has 4 nitrogen and oxygen atoms in total. The summed E-state index contributed by atoms with van der Waals surface area (Å²) in [6.45, 7) is 2.07. The number of aromatic nitrogens is 2. The van der Waals surface area contributed by atoms with Crippen LogP contribution >= 0.6 is 11.8 Å². The molecule has 0 unspecified atom stereocenters. The number of nitrogens with two attached hydrogens (primary N) is 1. The van der Waals surface area contributed by atoms with Crippen LogP contribution in [0.4, 0.5) is 5.82 Å². The fourth-order valence-corrected chi connectivity index (χ4v) is 2.39. The van der Waals surface area contributed by atoms with Crippen LogP contribution in [-0.2, 0) is 0 Å². The minimum atomic E-state index is 0.555. The Kier molecular flexibility index (Phi) is 3.28. The third-order valence-electron chi connectivity index (χ3n) is 2.68. The van der Waals surface area contributed by atoms with Crippen LogP contribution in [0.25, 0.3) is 11.1 Å². The lowest BCUT2D eigenvalue weighted by Gasteiger charge is -2.12. The van der Waals surface area contributed by atoms with Crippen LogP contribution in [0.2, 0.25) is 0 Å². The highest BCUT2D eigenvalue weighted by atomic mass is 32.2. The van der Waals surface area contributed by atoms with E-state index in [1.807, 2.05) is 6.07 Å². The predicted octanol–water partition coefficient (Wildman–Crippen LogP) is 2.70. The third kappa shape index (κ3) is 2.10. The minimum Gasteiger partial charge on any atom is -0.496 e. The Morgan fingerprint density at radius 1 is 1.35 bits per heavy atom. The average Bonchev–Trinajstić information content (AvgIpc) is 2.75. The number of hydrogen-bond donors (Lipinski definition) is 2. The van der Waals surface area contributed by atoms with Crippen molar-refractivity contribution in [1.82, 2.24) is 10.2 Å². The van der Waals surface area contributed by atoms with Crippen LogP contribution in [0.15, 0.2) is 23.2 Å². The Bertz CT molecular complexity index is 537. The van der Waals surface area contributed by atoms with E-state index < -0.39 is 0 Å². The molecule has 1 aromatic heterocycles. The molecule has 1 heterocycles. The van der Waals surface area contributed by atoms with Gasteiger partial charge >= 0.3 is 0 Å². The summed E-state index contributed by atoms with van der Waals surface area (Å²) >= 11 is 1.70. The first-order chi connectivity index (χ1) is 8.17. The molecule has 0 amide bonds. The fraction of sp³-hybridized carbons (Fsp3) is 0.250. The first kappa shape index (κ1) is 11.9. The Balaban J connectivity index is 2.63. The van der Waals surface area contributed by atoms with E-state index in [2.05, 4.69) is 29.4 Å². The topological polar surface area (TPSA) is 63.9 Å². The molecule has 2 aromatic rings. The van der Waals surface area contributed by atoms with Crippen molar-refractivity contribution in [1.29, 1.82) is 0 Å². The van der Waals surface area contributed by atoms with Crippen molar-refractivity contribution in [3.63, 3.8) is 0 Å². The first-order valence-corrected chi connectivity index (χ1v) is 6.41. The smallest absolute Gasteiger partial charge is 0.127 e. The van der Waals surface area contributed by atoms with Crippen LogP contribution in [-0.4, -0.2) is 23.6 Å². The molecule has 0 radical (unpaired) electrons. The Morgan fingerprint density at radius 2 is 2.12 bits per heavy atom. The first-order valence-electron chi connectivity index (χ1n) is 5.19. The lowest BCUT2D eigenvalue weighted by atomic mass is 10.1. The largest absolute Gasteiger partial charge is 0.496 e. The predicted molar refractivity (Wildman–Crippen MR) is 71.5 cm³/mol. The van der Waals surface area contributed by atoms with Crippen LogP contribution in [0.1, 0.15) is 5.56 Å². The second-order valence-corrected chi connectivity index (χ2v) is 4.57. The van der Waals surface area contributed by atoms with E-state index in [-0.39, 0.29) is 0 Å². The van der Waals surface area contributed by atoms with Gasteiger partial charge in [0.2, 0.25) is 0 Å². The maximum atomic E-state index is 5.85. The molecule has 3 N–H and O–H groups in total.